The van der Waals surface area contributed by atoms with Crippen LogP contribution in [-0.2, 0) is 4.94 Å². The SMILES string of the molecule is O=[N+]([O-])C1=C(c2cnon2)[NH+]([O-])ON1[N+](=O)[O-]. The molecule has 2 rings (SSSR count). The minimum Gasteiger partial charge on any atom is -0.591 e. The molecule has 0 aromatic carbocycles. The Morgan fingerprint density at radius 1 is 1.41 bits per heavy atom. The molecule has 0 saturated heterocycles. The molecule has 1 N–H and O–H groups in total. The third-order valence-electron chi connectivity index (χ3n) is 1.72. The molecule has 13 nitrogen and oxygen atoms in total. The van der Waals surface area contributed by atoms with Gasteiger partial charge in [0.25, 0.3) is 10.2 Å². The predicted molar refractivity (Wildman–Crippen MR) is 42.5 cm³/mol. The van der Waals surface area contributed by atoms with Crippen LogP contribution in [0.4, 0.5) is 0 Å². The summed E-state index contributed by atoms with van der Waals surface area (Å²) in [6.45, 7) is 0. The molecule has 1 aliphatic heterocycles. The molecule has 17 heavy (non-hydrogen) atoms. The van der Waals surface area contributed by atoms with E-state index in [0.29, 0.717) is 0 Å². The van der Waals surface area contributed by atoms with Gasteiger partial charge in [0, 0.05) is 0 Å². The highest BCUT2D eigenvalue weighted by Crippen LogP contribution is 2.19. The van der Waals surface area contributed by atoms with Gasteiger partial charge in [-0.3, -0.25) is 0 Å². The van der Waals surface area contributed by atoms with Crippen LogP contribution in [0.1, 0.15) is 5.69 Å². The smallest absolute Gasteiger partial charge is 0.496 e. The molecule has 1 aliphatic rings. The third-order valence-corrected chi connectivity index (χ3v) is 1.72. The second-order valence-electron chi connectivity index (χ2n) is 2.64. The average Bonchev–Trinajstić information content (AvgIpc) is 2.83. The minimum absolute atomic E-state index is 0.328. The predicted octanol–water partition coefficient (Wildman–Crippen LogP) is -2.29. The Labute approximate surface area is 90.2 Å². The Balaban J connectivity index is 2.56. The van der Waals surface area contributed by atoms with E-state index < -0.39 is 26.7 Å². The zero-order chi connectivity index (χ0) is 12.6. The number of nitrogens with one attached hydrogen (secondary N) is 1. The van der Waals surface area contributed by atoms with Gasteiger partial charge >= 0.3 is 11.5 Å². The van der Waals surface area contributed by atoms with Crippen LogP contribution in [0.3, 0.4) is 0 Å². The molecule has 0 spiro atoms. The van der Waals surface area contributed by atoms with Crippen molar-refractivity contribution in [2.45, 2.75) is 0 Å². The molecule has 2 heterocycles. The van der Waals surface area contributed by atoms with Crippen molar-refractivity contribution in [3.8, 4) is 0 Å². The van der Waals surface area contributed by atoms with Crippen LogP contribution in [0, 0.1) is 25.4 Å². The largest absolute Gasteiger partial charge is 0.591 e. The summed E-state index contributed by atoms with van der Waals surface area (Å²) in [5.74, 6) is -1.16. The quantitative estimate of drug-likeness (QED) is 0.348. The second-order valence-corrected chi connectivity index (χ2v) is 2.64. The van der Waals surface area contributed by atoms with Crippen LogP contribution in [-0.4, -0.2) is 25.4 Å². The molecule has 1 aromatic rings. The summed E-state index contributed by atoms with van der Waals surface area (Å²) < 4.78 is 4.15. The van der Waals surface area contributed by atoms with Crippen LogP contribution in [0.15, 0.2) is 16.6 Å². The summed E-state index contributed by atoms with van der Waals surface area (Å²) in [5.41, 5.74) is -1.03. The number of rotatable bonds is 3. The maximum Gasteiger partial charge on any atom is 0.496 e. The Bertz CT molecular complexity index is 494. The van der Waals surface area contributed by atoms with E-state index in [0.717, 1.165) is 6.20 Å². The first kappa shape index (κ1) is 10.9. The van der Waals surface area contributed by atoms with Gasteiger partial charge in [-0.05, 0) is 10.1 Å². The van der Waals surface area contributed by atoms with E-state index in [2.05, 4.69) is 19.9 Å². The van der Waals surface area contributed by atoms with Crippen LogP contribution >= 0.6 is 0 Å². The summed E-state index contributed by atoms with van der Waals surface area (Å²) in [7, 11) is 0. The number of aromatic nitrogens is 2. The van der Waals surface area contributed by atoms with Gasteiger partial charge < -0.3 is 15.3 Å². The highest BCUT2D eigenvalue weighted by atomic mass is 17.0. The van der Waals surface area contributed by atoms with E-state index in [1.165, 1.54) is 0 Å². The van der Waals surface area contributed by atoms with E-state index in [-0.39, 0.29) is 10.9 Å². The summed E-state index contributed by atoms with van der Waals surface area (Å²) in [6.07, 6.45) is 0.892. The van der Waals surface area contributed by atoms with Crippen molar-refractivity contribution in [2.75, 3.05) is 0 Å². The van der Waals surface area contributed by atoms with Gasteiger partial charge in [-0.15, -0.1) is 5.23 Å². The molecule has 0 fully saturated rings. The van der Waals surface area contributed by atoms with Crippen molar-refractivity contribution < 1.29 is 24.7 Å². The van der Waals surface area contributed by atoms with Gasteiger partial charge in [-0.1, -0.05) is 5.16 Å². The lowest BCUT2D eigenvalue weighted by Crippen LogP contribution is -3.02. The van der Waals surface area contributed by atoms with E-state index in [4.69, 9.17) is 0 Å². The minimum atomic E-state index is -1.29. The third kappa shape index (κ3) is 1.65. The van der Waals surface area contributed by atoms with Crippen molar-refractivity contribution in [3.05, 3.63) is 43.1 Å². The van der Waals surface area contributed by atoms with Crippen molar-refractivity contribution in [1.29, 1.82) is 0 Å². The molecule has 1 unspecified atom stereocenters. The van der Waals surface area contributed by atoms with Crippen LogP contribution in [0.2, 0.25) is 0 Å². The fourth-order valence-electron chi connectivity index (χ4n) is 1.12. The van der Waals surface area contributed by atoms with Crippen molar-refractivity contribution in [2.24, 2.45) is 0 Å². The van der Waals surface area contributed by atoms with Gasteiger partial charge in [0.05, 0.1) is 4.94 Å². The monoisotopic (exact) mass is 246 g/mol. The Morgan fingerprint density at radius 3 is 2.59 bits per heavy atom. The van der Waals surface area contributed by atoms with E-state index in [1.807, 2.05) is 0 Å². The Kier molecular flexibility index (Phi) is 2.39. The van der Waals surface area contributed by atoms with Gasteiger partial charge in [0.1, 0.15) is 6.20 Å². The van der Waals surface area contributed by atoms with Crippen molar-refractivity contribution >= 4 is 5.70 Å². The summed E-state index contributed by atoms with van der Waals surface area (Å²) in [4.78, 5) is 24.1. The zero-order valence-electron chi connectivity index (χ0n) is 7.67. The first-order valence-electron chi connectivity index (χ1n) is 3.85. The standard InChI is InChI=1S/C4H2N6O7/c11-8(12)4-3(2-1-5-16-6-2)9(13)17-7(4)10(14)15/h1,9H. The fraction of sp³-hybridized carbons (Fsp3) is 0. The molecular formula is C4H2N6O7. The average molecular weight is 246 g/mol. The maximum atomic E-state index is 11.3. The molecule has 0 bridgehead atoms. The van der Waals surface area contributed by atoms with Crippen molar-refractivity contribution in [1.82, 2.24) is 15.5 Å². The lowest BCUT2D eigenvalue weighted by molar-refractivity contribution is -1.06. The van der Waals surface area contributed by atoms with E-state index >= 15 is 0 Å². The molecule has 90 valence electrons. The molecule has 0 amide bonds. The first-order valence-corrected chi connectivity index (χ1v) is 3.85. The van der Waals surface area contributed by atoms with Gasteiger partial charge in [-0.2, -0.15) is 0 Å². The van der Waals surface area contributed by atoms with E-state index in [1.54, 1.807) is 0 Å². The second kappa shape index (κ2) is 3.74. The molecule has 13 heteroatoms. The topological polar surface area (TPSA) is 165 Å². The molecule has 1 aromatic heterocycles. The molecule has 0 aliphatic carbocycles. The molecule has 1 atom stereocenters. The van der Waals surface area contributed by atoms with Gasteiger partial charge in [0.15, 0.2) is 0 Å². The van der Waals surface area contributed by atoms with Crippen LogP contribution < -0.4 is 5.23 Å². The number of hydrogen-bond acceptors (Lipinski definition) is 9. The van der Waals surface area contributed by atoms with Crippen LogP contribution in [0.25, 0.3) is 5.70 Å². The Morgan fingerprint density at radius 2 is 2.12 bits per heavy atom. The number of nitro groups is 2. The fourth-order valence-corrected chi connectivity index (χ4v) is 1.12. The summed E-state index contributed by atoms with van der Waals surface area (Å²) in [5, 5.41) is 35.8. The zero-order valence-corrected chi connectivity index (χ0v) is 7.67. The number of hydrogen-bond donors (Lipinski definition) is 1. The van der Waals surface area contributed by atoms with Crippen molar-refractivity contribution in [3.63, 3.8) is 0 Å². The number of nitrogens with zero attached hydrogens (tertiary/aromatic N) is 5. The molecular weight excluding hydrogens is 244 g/mol. The lowest BCUT2D eigenvalue weighted by atomic mass is 10.3. The van der Waals surface area contributed by atoms with Gasteiger partial charge in [-0.25, -0.2) is 14.7 Å². The number of quaternary nitrogens is 1. The Hall–Kier alpha value is -2.64. The number of hydrazine groups is 1. The molecule has 0 saturated carbocycles. The maximum absolute atomic E-state index is 11.3. The van der Waals surface area contributed by atoms with Crippen LogP contribution in [0.5, 0.6) is 0 Å². The van der Waals surface area contributed by atoms with E-state index in [9.17, 15) is 25.4 Å². The highest BCUT2D eigenvalue weighted by Gasteiger charge is 2.54. The normalized spacial score (nSPS) is 19.8. The molecule has 0 radical (unpaired) electrons. The summed E-state index contributed by atoms with van der Waals surface area (Å²) in [6, 6.07) is 0. The van der Waals surface area contributed by atoms with Gasteiger partial charge in [0.2, 0.25) is 5.69 Å². The number of hydroxylamine groups is 3. The highest BCUT2D eigenvalue weighted by molar-refractivity contribution is 5.54. The first-order chi connectivity index (χ1) is 8.02. The summed E-state index contributed by atoms with van der Waals surface area (Å²) >= 11 is 0. The lowest BCUT2D eigenvalue weighted by Gasteiger charge is -2.05.